The van der Waals surface area contributed by atoms with Gasteiger partial charge in [0.05, 0.1) is 35.4 Å². The molecule has 162 valence electrons. The summed E-state index contributed by atoms with van der Waals surface area (Å²) in [5, 5.41) is 0.866. The fraction of sp³-hybridized carbons (Fsp3) is 0.273. The average Bonchev–Trinajstić information content (AvgIpc) is 3.37. The lowest BCUT2D eigenvalue weighted by atomic mass is 10.00. The average molecular weight is 435 g/mol. The zero-order valence-corrected chi connectivity index (χ0v) is 16.8. The van der Waals surface area contributed by atoms with Gasteiger partial charge in [-0.2, -0.15) is 0 Å². The molecule has 5 heterocycles. The Bertz CT molecular complexity index is 1390. The third-order valence-electron chi connectivity index (χ3n) is 5.85. The Kier molecular flexibility index (Phi) is 3.99. The fourth-order valence-electron chi connectivity index (χ4n) is 4.33. The van der Waals surface area contributed by atoms with Gasteiger partial charge >= 0.3 is 11.9 Å². The van der Waals surface area contributed by atoms with Crippen LogP contribution in [0.15, 0.2) is 29.1 Å². The highest BCUT2D eigenvalue weighted by Crippen LogP contribution is 2.40. The molecule has 0 saturated carbocycles. The minimum absolute atomic E-state index is 0.0461. The Morgan fingerprint density at radius 2 is 1.97 bits per heavy atom. The highest BCUT2D eigenvalue weighted by molar-refractivity contribution is 5.88. The number of benzene rings is 1. The van der Waals surface area contributed by atoms with Crippen molar-refractivity contribution in [2.75, 3.05) is 13.3 Å². The molecule has 10 nitrogen and oxygen atoms in total. The second-order valence-corrected chi connectivity index (χ2v) is 7.77. The molecule has 1 atom stereocenters. The van der Waals surface area contributed by atoms with Crippen LogP contribution in [0.4, 0.5) is 0 Å². The molecule has 32 heavy (non-hydrogen) atoms. The molecule has 0 unspecified atom stereocenters. The molecule has 0 bridgehead atoms. The van der Waals surface area contributed by atoms with Gasteiger partial charge in [-0.15, -0.1) is 0 Å². The van der Waals surface area contributed by atoms with Crippen LogP contribution in [0, 0.1) is 0 Å². The van der Waals surface area contributed by atoms with Crippen molar-refractivity contribution >= 4 is 22.8 Å². The summed E-state index contributed by atoms with van der Waals surface area (Å²) in [6, 6.07) is 7.31. The lowest BCUT2D eigenvalue weighted by molar-refractivity contribution is -0.171. The van der Waals surface area contributed by atoms with Crippen molar-refractivity contribution in [3.63, 3.8) is 0 Å². The smallest absolute Gasteiger partial charge is 0.352 e. The van der Waals surface area contributed by atoms with Gasteiger partial charge in [0.25, 0.3) is 5.56 Å². The van der Waals surface area contributed by atoms with Crippen molar-refractivity contribution in [1.29, 1.82) is 0 Å². The Hall–Kier alpha value is -3.92. The highest BCUT2D eigenvalue weighted by Gasteiger charge is 2.37. The Labute approximate surface area is 180 Å². The van der Waals surface area contributed by atoms with Gasteiger partial charge in [0.15, 0.2) is 11.5 Å². The number of fused-ring (bicyclic) bond motifs is 6. The summed E-state index contributed by atoms with van der Waals surface area (Å²) in [4.78, 5) is 42.4. The number of aromatic nitrogens is 2. The van der Waals surface area contributed by atoms with Crippen LogP contribution in [0.2, 0.25) is 0 Å². The van der Waals surface area contributed by atoms with E-state index in [4.69, 9.17) is 29.7 Å². The number of pyridine rings is 2. The topological polar surface area (TPSA) is 132 Å². The molecule has 0 fully saturated rings. The molecule has 1 aromatic carbocycles. The van der Waals surface area contributed by atoms with Gasteiger partial charge in [-0.05, 0) is 18.2 Å². The number of rotatable bonds is 3. The van der Waals surface area contributed by atoms with Crippen molar-refractivity contribution < 1.29 is 28.5 Å². The summed E-state index contributed by atoms with van der Waals surface area (Å²) in [5.74, 6) is -0.0892. The minimum Gasteiger partial charge on any atom is -0.458 e. The molecule has 2 N–H and O–H groups in total. The van der Waals surface area contributed by atoms with E-state index in [1.165, 1.54) is 0 Å². The highest BCUT2D eigenvalue weighted by atomic mass is 16.7. The Morgan fingerprint density at radius 3 is 2.78 bits per heavy atom. The standard InChI is InChI=1S/C22H17N3O7/c23-2-1-18(26)32-20-12-5-15-19-11(7-25(15)21(27)13(12)8-29-22(20)28)3-10-4-16-17(31-9-30-16)6-14(10)24-19/h3-6,20H,1-2,7-9,23H2/t20-/m1/s1. The number of nitrogens with zero attached hydrogens (tertiary/aromatic N) is 2. The quantitative estimate of drug-likeness (QED) is 0.471. The van der Waals surface area contributed by atoms with Crippen LogP contribution in [0.25, 0.3) is 22.3 Å². The molecule has 0 spiro atoms. The van der Waals surface area contributed by atoms with E-state index in [1.807, 2.05) is 12.1 Å². The van der Waals surface area contributed by atoms with Gasteiger partial charge in [0.1, 0.15) is 6.61 Å². The van der Waals surface area contributed by atoms with E-state index in [-0.39, 0.29) is 37.5 Å². The summed E-state index contributed by atoms with van der Waals surface area (Å²) in [7, 11) is 0. The van der Waals surface area contributed by atoms with E-state index in [1.54, 1.807) is 16.7 Å². The molecule has 0 aliphatic carbocycles. The number of cyclic esters (lactones) is 1. The van der Waals surface area contributed by atoms with Crippen molar-refractivity contribution in [1.82, 2.24) is 9.55 Å². The zero-order valence-electron chi connectivity index (χ0n) is 16.8. The second-order valence-electron chi connectivity index (χ2n) is 7.77. The maximum atomic E-state index is 13.2. The Morgan fingerprint density at radius 1 is 1.16 bits per heavy atom. The summed E-state index contributed by atoms with van der Waals surface area (Å²) in [6.07, 6.45) is -1.36. The maximum absolute atomic E-state index is 13.2. The SMILES string of the molecule is NCCC(=O)O[C@H]1C(=O)OCc2c1cc1n(c2=O)Cc2cc3cc4c(cc3nc2-1)OCO4. The largest absolute Gasteiger partial charge is 0.458 e. The van der Waals surface area contributed by atoms with Gasteiger partial charge in [0, 0.05) is 29.1 Å². The molecule has 3 aliphatic rings. The van der Waals surface area contributed by atoms with Crippen LogP contribution in [0.5, 0.6) is 11.5 Å². The number of hydrogen-bond donors (Lipinski definition) is 1. The van der Waals surface area contributed by atoms with Crippen LogP contribution in [0.1, 0.15) is 29.2 Å². The monoisotopic (exact) mass is 435 g/mol. The molecule has 0 radical (unpaired) electrons. The lowest BCUT2D eigenvalue weighted by Crippen LogP contribution is -2.34. The van der Waals surface area contributed by atoms with Crippen molar-refractivity contribution in [3.05, 3.63) is 51.3 Å². The number of carbonyl (C=O) groups is 2. The number of ether oxygens (including phenoxy) is 4. The van der Waals surface area contributed by atoms with Gasteiger partial charge in [0.2, 0.25) is 12.9 Å². The molecule has 3 aromatic rings. The summed E-state index contributed by atoms with van der Waals surface area (Å²) < 4.78 is 22.9. The number of esters is 2. The van der Waals surface area contributed by atoms with Crippen LogP contribution in [0.3, 0.4) is 0 Å². The van der Waals surface area contributed by atoms with Crippen LogP contribution in [-0.4, -0.2) is 34.8 Å². The number of hydrogen-bond acceptors (Lipinski definition) is 9. The molecule has 6 rings (SSSR count). The zero-order chi connectivity index (χ0) is 22.0. The second kappa shape index (κ2) is 6.79. The van der Waals surface area contributed by atoms with Crippen molar-refractivity contribution in [2.24, 2.45) is 5.73 Å². The van der Waals surface area contributed by atoms with E-state index in [2.05, 4.69) is 0 Å². The number of nitrogens with two attached hydrogens (primary N) is 1. The van der Waals surface area contributed by atoms with Crippen LogP contribution >= 0.6 is 0 Å². The first-order valence-electron chi connectivity index (χ1n) is 10.1. The van der Waals surface area contributed by atoms with E-state index >= 15 is 0 Å². The Balaban J connectivity index is 1.49. The van der Waals surface area contributed by atoms with Crippen LogP contribution < -0.4 is 20.8 Å². The fourth-order valence-corrected chi connectivity index (χ4v) is 4.33. The summed E-state index contributed by atoms with van der Waals surface area (Å²) in [6.45, 7) is 0.407. The van der Waals surface area contributed by atoms with Gasteiger partial charge in [-0.3, -0.25) is 9.59 Å². The van der Waals surface area contributed by atoms with E-state index in [0.717, 1.165) is 10.9 Å². The number of carbonyl (C=O) groups excluding carboxylic acids is 2. The van der Waals surface area contributed by atoms with E-state index in [0.29, 0.717) is 40.5 Å². The van der Waals surface area contributed by atoms with Gasteiger partial charge in [-0.25, -0.2) is 9.78 Å². The molecular formula is C22H17N3O7. The third kappa shape index (κ3) is 2.69. The molecule has 0 amide bonds. The minimum atomic E-state index is -1.31. The lowest BCUT2D eigenvalue weighted by Gasteiger charge is -2.25. The normalized spacial score (nSPS) is 17.5. The molecule has 0 saturated heterocycles. The van der Waals surface area contributed by atoms with Crippen molar-refractivity contribution in [2.45, 2.75) is 25.7 Å². The first-order chi connectivity index (χ1) is 15.5. The molecule has 10 heteroatoms. The van der Waals surface area contributed by atoms with E-state index in [9.17, 15) is 14.4 Å². The predicted octanol–water partition coefficient (Wildman–Crippen LogP) is 1.14. The predicted molar refractivity (Wildman–Crippen MR) is 109 cm³/mol. The first kappa shape index (κ1) is 18.8. The molecular weight excluding hydrogens is 418 g/mol. The molecule has 2 aromatic heterocycles. The first-order valence-corrected chi connectivity index (χ1v) is 10.1. The summed E-state index contributed by atoms with van der Waals surface area (Å²) >= 11 is 0. The maximum Gasteiger partial charge on any atom is 0.352 e. The summed E-state index contributed by atoms with van der Waals surface area (Å²) in [5.41, 5.74) is 8.44. The molecule has 3 aliphatic heterocycles. The van der Waals surface area contributed by atoms with Crippen LogP contribution in [-0.2, 0) is 32.2 Å². The van der Waals surface area contributed by atoms with Gasteiger partial charge < -0.3 is 29.2 Å². The van der Waals surface area contributed by atoms with Gasteiger partial charge in [-0.1, -0.05) is 0 Å². The van der Waals surface area contributed by atoms with Crippen molar-refractivity contribution in [3.8, 4) is 22.9 Å². The third-order valence-corrected chi connectivity index (χ3v) is 5.85. The van der Waals surface area contributed by atoms with E-state index < -0.39 is 18.0 Å².